The summed E-state index contributed by atoms with van der Waals surface area (Å²) in [5, 5.41) is 2.77. The van der Waals surface area contributed by atoms with E-state index in [4.69, 9.17) is 4.74 Å². The number of thiophene rings is 1. The van der Waals surface area contributed by atoms with Crippen molar-refractivity contribution in [3.05, 3.63) is 51.2 Å². The van der Waals surface area contributed by atoms with Gasteiger partial charge in [-0.1, -0.05) is 31.5 Å². The second kappa shape index (κ2) is 7.83. The van der Waals surface area contributed by atoms with Crippen molar-refractivity contribution in [1.82, 2.24) is 0 Å². The Hall–Kier alpha value is -2.14. The van der Waals surface area contributed by atoms with E-state index in [1.165, 1.54) is 34.6 Å². The summed E-state index contributed by atoms with van der Waals surface area (Å²) in [6.45, 7) is 3.86. The van der Waals surface area contributed by atoms with Crippen LogP contribution in [0.15, 0.2) is 30.3 Å². The molecule has 1 amide bonds. The van der Waals surface area contributed by atoms with Crippen molar-refractivity contribution in [3.8, 4) is 0 Å². The van der Waals surface area contributed by atoms with E-state index in [1.807, 2.05) is 37.3 Å². The van der Waals surface area contributed by atoms with Gasteiger partial charge in [0.05, 0.1) is 0 Å². The summed E-state index contributed by atoms with van der Waals surface area (Å²) in [5.74, 6) is -0.0201. The topological polar surface area (TPSA) is 55.4 Å². The van der Waals surface area contributed by atoms with Gasteiger partial charge < -0.3 is 10.1 Å². The summed E-state index contributed by atoms with van der Waals surface area (Å²) in [6, 6.07) is 9.46. The molecule has 4 nitrogen and oxygen atoms in total. The quantitative estimate of drug-likeness (QED) is 0.809. The molecule has 1 heterocycles. The molecule has 0 fully saturated rings. The molecule has 2 aromatic rings. The largest absolute Gasteiger partial charge is 0.451 e. The van der Waals surface area contributed by atoms with E-state index in [-0.39, 0.29) is 12.5 Å². The Bertz CT molecular complexity index is 781. The first-order valence-corrected chi connectivity index (χ1v) is 9.52. The van der Waals surface area contributed by atoms with Gasteiger partial charge in [-0.25, -0.2) is 4.79 Å². The molecule has 1 aliphatic carbocycles. The predicted molar refractivity (Wildman–Crippen MR) is 100 cm³/mol. The van der Waals surface area contributed by atoms with Gasteiger partial charge in [-0.3, -0.25) is 4.79 Å². The summed E-state index contributed by atoms with van der Waals surface area (Å²) < 4.78 is 5.19. The maximum Gasteiger partial charge on any atom is 0.348 e. The molecular formula is C20H23NO3S. The van der Waals surface area contributed by atoms with Crippen LogP contribution in [0.3, 0.4) is 0 Å². The first kappa shape index (κ1) is 17.7. The standard InChI is InChI=1S/C20H23NO3S/c1-3-14-8-9-17-15(10-14)11-18(25-17)20(23)24-12-19(22)21-16-7-5-4-6-13(16)2/h4-7,11,14H,3,8-10,12H2,1-2H3,(H,21,22)/t14-/m1/s1. The van der Waals surface area contributed by atoms with Crippen LogP contribution in [0.25, 0.3) is 0 Å². The van der Waals surface area contributed by atoms with E-state index in [1.54, 1.807) is 0 Å². The van der Waals surface area contributed by atoms with Gasteiger partial charge >= 0.3 is 5.97 Å². The number of aryl methyl sites for hydroxylation is 2. The van der Waals surface area contributed by atoms with Crippen LogP contribution >= 0.6 is 11.3 Å². The fourth-order valence-corrected chi connectivity index (χ4v) is 4.25. The Morgan fingerprint density at radius 3 is 2.88 bits per heavy atom. The summed E-state index contributed by atoms with van der Waals surface area (Å²) >= 11 is 1.51. The van der Waals surface area contributed by atoms with Crippen LogP contribution in [0, 0.1) is 12.8 Å². The summed E-state index contributed by atoms with van der Waals surface area (Å²) in [5.41, 5.74) is 2.98. The summed E-state index contributed by atoms with van der Waals surface area (Å²) in [6.07, 6.45) is 4.45. The van der Waals surface area contributed by atoms with Gasteiger partial charge in [-0.05, 0) is 55.4 Å². The first-order chi connectivity index (χ1) is 12.1. The molecule has 5 heteroatoms. The maximum atomic E-state index is 12.2. The number of hydrogen-bond donors (Lipinski definition) is 1. The number of amides is 1. The van der Waals surface area contributed by atoms with Gasteiger partial charge in [-0.2, -0.15) is 0 Å². The molecule has 1 aliphatic rings. The van der Waals surface area contributed by atoms with Crippen LogP contribution < -0.4 is 5.32 Å². The van der Waals surface area contributed by atoms with Crippen molar-refractivity contribution in [1.29, 1.82) is 0 Å². The summed E-state index contributed by atoms with van der Waals surface area (Å²) in [7, 11) is 0. The minimum Gasteiger partial charge on any atom is -0.451 e. The number of ether oxygens (including phenoxy) is 1. The molecule has 1 aromatic carbocycles. The highest BCUT2D eigenvalue weighted by molar-refractivity contribution is 7.14. The second-order valence-electron chi connectivity index (χ2n) is 6.52. The van der Waals surface area contributed by atoms with E-state index < -0.39 is 5.97 Å². The van der Waals surface area contributed by atoms with Crippen LogP contribution in [-0.2, 0) is 22.4 Å². The molecule has 25 heavy (non-hydrogen) atoms. The number of nitrogens with one attached hydrogen (secondary N) is 1. The zero-order valence-corrected chi connectivity index (χ0v) is 15.4. The number of benzene rings is 1. The average molecular weight is 357 g/mol. The van der Waals surface area contributed by atoms with Crippen molar-refractivity contribution >= 4 is 28.9 Å². The van der Waals surface area contributed by atoms with Crippen molar-refractivity contribution in [2.24, 2.45) is 5.92 Å². The molecule has 0 spiro atoms. The zero-order valence-electron chi connectivity index (χ0n) is 14.6. The van der Waals surface area contributed by atoms with E-state index in [2.05, 4.69) is 12.2 Å². The minimum absolute atomic E-state index is 0.271. The van der Waals surface area contributed by atoms with Gasteiger partial charge in [0.15, 0.2) is 6.61 Å². The lowest BCUT2D eigenvalue weighted by Gasteiger charge is -2.19. The minimum atomic E-state index is -0.410. The number of rotatable bonds is 5. The van der Waals surface area contributed by atoms with Crippen molar-refractivity contribution in [3.63, 3.8) is 0 Å². The highest BCUT2D eigenvalue weighted by atomic mass is 32.1. The number of hydrogen-bond acceptors (Lipinski definition) is 4. The molecule has 0 aliphatic heterocycles. The average Bonchev–Trinajstić information content (AvgIpc) is 3.04. The highest BCUT2D eigenvalue weighted by Crippen LogP contribution is 2.33. The molecule has 0 radical (unpaired) electrons. The third-order valence-corrected chi connectivity index (χ3v) is 5.93. The fourth-order valence-electron chi connectivity index (χ4n) is 3.15. The lowest BCUT2D eigenvalue weighted by molar-refractivity contribution is -0.119. The molecule has 0 saturated heterocycles. The van der Waals surface area contributed by atoms with Gasteiger partial charge in [0, 0.05) is 10.6 Å². The van der Waals surface area contributed by atoms with Gasteiger partial charge in [-0.15, -0.1) is 11.3 Å². The van der Waals surface area contributed by atoms with Crippen LogP contribution in [0.5, 0.6) is 0 Å². The van der Waals surface area contributed by atoms with Crippen LogP contribution in [0.2, 0.25) is 0 Å². The Morgan fingerprint density at radius 2 is 2.12 bits per heavy atom. The van der Waals surface area contributed by atoms with Crippen LogP contribution in [-0.4, -0.2) is 18.5 Å². The Labute approximate surface area is 152 Å². The van der Waals surface area contributed by atoms with E-state index >= 15 is 0 Å². The van der Waals surface area contributed by atoms with E-state index in [0.717, 1.165) is 24.1 Å². The number of fused-ring (bicyclic) bond motifs is 1. The molecule has 3 rings (SSSR count). The molecule has 0 saturated carbocycles. The Kier molecular flexibility index (Phi) is 5.53. The van der Waals surface area contributed by atoms with Crippen LogP contribution in [0.4, 0.5) is 5.69 Å². The second-order valence-corrected chi connectivity index (χ2v) is 7.65. The lowest BCUT2D eigenvalue weighted by Crippen LogP contribution is -2.21. The first-order valence-electron chi connectivity index (χ1n) is 8.71. The van der Waals surface area contributed by atoms with Crippen molar-refractivity contribution in [2.45, 2.75) is 39.5 Å². The molecule has 0 bridgehead atoms. The zero-order chi connectivity index (χ0) is 17.8. The lowest BCUT2D eigenvalue weighted by atomic mass is 9.87. The van der Waals surface area contributed by atoms with E-state index in [0.29, 0.717) is 10.8 Å². The normalized spacial score (nSPS) is 16.2. The van der Waals surface area contributed by atoms with Gasteiger partial charge in [0.25, 0.3) is 5.91 Å². The Morgan fingerprint density at radius 1 is 1.32 bits per heavy atom. The molecule has 0 unspecified atom stereocenters. The number of esters is 1. The van der Waals surface area contributed by atoms with Crippen molar-refractivity contribution in [2.75, 3.05) is 11.9 Å². The predicted octanol–water partition coefficient (Wildman–Crippen LogP) is 4.37. The molecule has 1 atom stereocenters. The fraction of sp³-hybridized carbons (Fsp3) is 0.400. The third-order valence-electron chi connectivity index (χ3n) is 4.72. The van der Waals surface area contributed by atoms with Crippen molar-refractivity contribution < 1.29 is 14.3 Å². The van der Waals surface area contributed by atoms with Gasteiger partial charge in [0.1, 0.15) is 4.88 Å². The molecule has 1 aromatic heterocycles. The molecule has 1 N–H and O–H groups in total. The number of carbonyl (C=O) groups excluding carboxylic acids is 2. The number of anilines is 1. The molecular weight excluding hydrogens is 334 g/mol. The number of carbonyl (C=O) groups is 2. The number of para-hydroxylation sites is 1. The van der Waals surface area contributed by atoms with Gasteiger partial charge in [0.2, 0.25) is 0 Å². The third kappa shape index (κ3) is 4.28. The smallest absolute Gasteiger partial charge is 0.348 e. The monoisotopic (exact) mass is 357 g/mol. The summed E-state index contributed by atoms with van der Waals surface area (Å²) in [4.78, 5) is 26.1. The highest BCUT2D eigenvalue weighted by Gasteiger charge is 2.23. The Balaban J connectivity index is 1.55. The van der Waals surface area contributed by atoms with Crippen LogP contribution in [0.1, 0.15) is 45.4 Å². The van der Waals surface area contributed by atoms with E-state index in [9.17, 15) is 9.59 Å². The molecule has 132 valence electrons. The maximum absolute atomic E-state index is 12.2. The SMILES string of the molecule is CC[C@@H]1CCc2sc(C(=O)OCC(=O)Nc3ccccc3C)cc2C1.